The largest absolute Gasteiger partial charge is 0.399 e. The number of anilines is 2. The first-order valence-electron chi connectivity index (χ1n) is 6.15. The molecule has 0 aliphatic carbocycles. The van der Waals surface area contributed by atoms with Crippen molar-refractivity contribution in [2.24, 2.45) is 0 Å². The van der Waals surface area contributed by atoms with Crippen LogP contribution in [-0.2, 0) is 16.4 Å². The van der Waals surface area contributed by atoms with Crippen LogP contribution in [-0.4, -0.2) is 18.6 Å². The van der Waals surface area contributed by atoms with Gasteiger partial charge < -0.3 is 5.73 Å². The Hall–Kier alpha value is -1.44. The number of rotatable bonds is 5. The van der Waals surface area contributed by atoms with Gasteiger partial charge in [-0.2, -0.15) is 5.10 Å². The number of sulfonamides is 1. The van der Waals surface area contributed by atoms with Gasteiger partial charge in [-0.15, -0.1) is 0 Å². The molecule has 0 aliphatic heterocycles. The lowest BCUT2D eigenvalue weighted by Gasteiger charge is -2.09. The Bertz CT molecular complexity index is 735. The van der Waals surface area contributed by atoms with Crippen LogP contribution in [0, 0.1) is 0 Å². The number of nitrogens with two attached hydrogens (primary N) is 1. The van der Waals surface area contributed by atoms with E-state index in [-0.39, 0.29) is 26.4 Å². The fraction of sp³-hybridized carbons (Fsp3) is 0.250. The molecular formula is C12H14Cl2N4O2S. The van der Waals surface area contributed by atoms with E-state index in [9.17, 15) is 8.42 Å². The van der Waals surface area contributed by atoms with E-state index in [4.69, 9.17) is 28.9 Å². The van der Waals surface area contributed by atoms with Crippen molar-refractivity contribution in [3.8, 4) is 0 Å². The standard InChI is InChI=1S/C12H14Cl2N4O2S/c1-2-3-8-6-11(17-16-8)18-21(19,20)12-9(13)4-7(15)5-10(12)14/h4-6H,2-3,15H2,1H3,(H2,16,17,18). The summed E-state index contributed by atoms with van der Waals surface area (Å²) in [4.78, 5) is -0.222. The van der Waals surface area contributed by atoms with Crippen molar-refractivity contribution in [1.82, 2.24) is 10.2 Å². The van der Waals surface area contributed by atoms with E-state index in [0.717, 1.165) is 18.5 Å². The number of aromatic nitrogens is 2. The number of hydrogen-bond donors (Lipinski definition) is 3. The Labute approximate surface area is 132 Å². The van der Waals surface area contributed by atoms with Crippen molar-refractivity contribution in [2.75, 3.05) is 10.5 Å². The second kappa shape index (κ2) is 6.13. The predicted molar refractivity (Wildman–Crippen MR) is 84.3 cm³/mol. The van der Waals surface area contributed by atoms with E-state index >= 15 is 0 Å². The van der Waals surface area contributed by atoms with Crippen LogP contribution < -0.4 is 10.5 Å². The zero-order chi connectivity index (χ0) is 15.6. The van der Waals surface area contributed by atoms with Crippen molar-refractivity contribution >= 4 is 44.7 Å². The number of aromatic amines is 1. The lowest BCUT2D eigenvalue weighted by atomic mass is 10.2. The molecule has 4 N–H and O–H groups in total. The zero-order valence-corrected chi connectivity index (χ0v) is 13.5. The molecule has 1 heterocycles. The van der Waals surface area contributed by atoms with E-state index in [1.807, 2.05) is 6.92 Å². The molecule has 0 bridgehead atoms. The molecule has 0 radical (unpaired) electrons. The summed E-state index contributed by atoms with van der Waals surface area (Å²) in [5.41, 5.74) is 6.68. The van der Waals surface area contributed by atoms with Crippen molar-refractivity contribution in [3.05, 3.63) is 33.9 Å². The van der Waals surface area contributed by atoms with Gasteiger partial charge >= 0.3 is 0 Å². The number of nitrogens with zero attached hydrogens (tertiary/aromatic N) is 1. The third-order valence-corrected chi connectivity index (χ3v) is 4.95. The molecule has 0 saturated heterocycles. The molecule has 6 nitrogen and oxygen atoms in total. The summed E-state index contributed by atoms with van der Waals surface area (Å²) < 4.78 is 27.0. The molecule has 2 rings (SSSR count). The van der Waals surface area contributed by atoms with Crippen LogP contribution in [0.25, 0.3) is 0 Å². The number of H-pyrrole nitrogens is 1. The lowest BCUT2D eigenvalue weighted by Crippen LogP contribution is -2.14. The number of nitrogen functional groups attached to an aromatic ring is 1. The molecule has 21 heavy (non-hydrogen) atoms. The summed E-state index contributed by atoms with van der Waals surface area (Å²) in [5.74, 6) is 0.183. The monoisotopic (exact) mass is 348 g/mol. The van der Waals surface area contributed by atoms with Gasteiger partial charge in [0.1, 0.15) is 4.90 Å². The molecule has 0 saturated carbocycles. The van der Waals surface area contributed by atoms with Gasteiger partial charge in [0.15, 0.2) is 5.82 Å². The van der Waals surface area contributed by atoms with E-state index in [2.05, 4.69) is 14.9 Å². The molecule has 0 aliphatic rings. The van der Waals surface area contributed by atoms with Gasteiger partial charge in [-0.25, -0.2) is 8.42 Å². The topological polar surface area (TPSA) is 101 Å². The average Bonchev–Trinajstić information content (AvgIpc) is 2.74. The molecule has 0 atom stereocenters. The summed E-state index contributed by atoms with van der Waals surface area (Å²) in [6.45, 7) is 2.01. The third-order valence-electron chi connectivity index (χ3n) is 2.68. The van der Waals surface area contributed by atoms with Crippen molar-refractivity contribution in [1.29, 1.82) is 0 Å². The number of aryl methyl sites for hydroxylation is 1. The lowest BCUT2D eigenvalue weighted by molar-refractivity contribution is 0.601. The fourth-order valence-corrected chi connectivity index (χ4v) is 4.06. The number of nitrogens with one attached hydrogen (secondary N) is 2. The summed E-state index contributed by atoms with van der Waals surface area (Å²) in [7, 11) is -3.94. The minimum absolute atomic E-state index is 0.0446. The molecule has 1 aromatic heterocycles. The Morgan fingerprint density at radius 2 is 1.90 bits per heavy atom. The van der Waals surface area contributed by atoms with Crippen LogP contribution in [0.4, 0.5) is 11.5 Å². The highest BCUT2D eigenvalue weighted by atomic mass is 35.5. The van der Waals surface area contributed by atoms with Crippen molar-refractivity contribution in [3.63, 3.8) is 0 Å². The smallest absolute Gasteiger partial charge is 0.266 e. The molecule has 9 heteroatoms. The summed E-state index contributed by atoms with van der Waals surface area (Å²) in [6.07, 6.45) is 1.70. The highest BCUT2D eigenvalue weighted by Crippen LogP contribution is 2.32. The maximum Gasteiger partial charge on any atom is 0.266 e. The second-order valence-corrected chi connectivity index (χ2v) is 6.88. The van der Waals surface area contributed by atoms with Gasteiger partial charge in [-0.3, -0.25) is 9.82 Å². The van der Waals surface area contributed by atoms with E-state index in [0.29, 0.717) is 0 Å². The predicted octanol–water partition coefficient (Wildman–Crippen LogP) is 3.05. The first kappa shape index (κ1) is 15.9. The van der Waals surface area contributed by atoms with Crippen LogP contribution in [0.15, 0.2) is 23.1 Å². The molecule has 2 aromatic rings. The van der Waals surface area contributed by atoms with Gasteiger partial charge in [-0.05, 0) is 18.6 Å². The maximum atomic E-state index is 12.3. The minimum Gasteiger partial charge on any atom is -0.399 e. The first-order chi connectivity index (χ1) is 9.83. The first-order valence-corrected chi connectivity index (χ1v) is 8.39. The van der Waals surface area contributed by atoms with Crippen LogP contribution >= 0.6 is 23.2 Å². The van der Waals surface area contributed by atoms with E-state index in [1.165, 1.54) is 12.1 Å². The average molecular weight is 349 g/mol. The molecule has 1 aromatic carbocycles. The molecule has 0 fully saturated rings. The van der Waals surface area contributed by atoms with E-state index < -0.39 is 10.0 Å². The Morgan fingerprint density at radius 1 is 1.29 bits per heavy atom. The molecule has 0 unspecified atom stereocenters. The molecule has 0 spiro atoms. The van der Waals surface area contributed by atoms with Crippen LogP contribution in [0.2, 0.25) is 10.0 Å². The van der Waals surface area contributed by atoms with Gasteiger partial charge in [0.2, 0.25) is 0 Å². The quantitative estimate of drug-likeness (QED) is 0.722. The Kier molecular flexibility index (Phi) is 4.65. The highest BCUT2D eigenvalue weighted by molar-refractivity contribution is 7.93. The molecule has 114 valence electrons. The number of hydrogen-bond acceptors (Lipinski definition) is 4. The van der Waals surface area contributed by atoms with Crippen molar-refractivity contribution in [2.45, 2.75) is 24.7 Å². The van der Waals surface area contributed by atoms with Gasteiger partial charge in [-0.1, -0.05) is 36.5 Å². The number of halogens is 2. The van der Waals surface area contributed by atoms with Crippen molar-refractivity contribution < 1.29 is 8.42 Å². The summed E-state index contributed by atoms with van der Waals surface area (Å²) in [5, 5.41) is 6.56. The summed E-state index contributed by atoms with van der Waals surface area (Å²) in [6, 6.07) is 4.28. The minimum atomic E-state index is -3.94. The Balaban J connectivity index is 2.34. The Morgan fingerprint density at radius 3 is 2.48 bits per heavy atom. The maximum absolute atomic E-state index is 12.3. The van der Waals surface area contributed by atoms with Crippen LogP contribution in [0.3, 0.4) is 0 Å². The fourth-order valence-electron chi connectivity index (χ4n) is 1.84. The second-order valence-electron chi connectivity index (χ2n) is 4.45. The van der Waals surface area contributed by atoms with Gasteiger partial charge in [0, 0.05) is 17.4 Å². The highest BCUT2D eigenvalue weighted by Gasteiger charge is 2.23. The van der Waals surface area contributed by atoms with Gasteiger partial charge in [0.05, 0.1) is 10.0 Å². The molecular weight excluding hydrogens is 335 g/mol. The number of benzene rings is 1. The van der Waals surface area contributed by atoms with E-state index in [1.54, 1.807) is 6.07 Å². The third kappa shape index (κ3) is 3.61. The normalized spacial score (nSPS) is 11.6. The van der Waals surface area contributed by atoms with Gasteiger partial charge in [0.25, 0.3) is 10.0 Å². The SMILES string of the molecule is CCCc1cc(NS(=O)(=O)c2c(Cl)cc(N)cc2Cl)n[nH]1. The molecule has 0 amide bonds. The van der Waals surface area contributed by atoms with Crippen LogP contribution in [0.1, 0.15) is 19.0 Å². The summed E-state index contributed by atoms with van der Waals surface area (Å²) >= 11 is 11.9. The van der Waals surface area contributed by atoms with Crippen LogP contribution in [0.5, 0.6) is 0 Å². The zero-order valence-electron chi connectivity index (χ0n) is 11.2.